The molecule has 4 rings (SSSR count). The number of hydrogen-bond acceptors (Lipinski definition) is 4. The van der Waals surface area contributed by atoms with Gasteiger partial charge in [-0.3, -0.25) is 0 Å². The summed E-state index contributed by atoms with van der Waals surface area (Å²) in [6, 6.07) is 9.81. The van der Waals surface area contributed by atoms with E-state index in [1.54, 1.807) is 6.20 Å². The van der Waals surface area contributed by atoms with E-state index in [1.807, 2.05) is 24.3 Å². The maximum atomic E-state index is 6.24. The Morgan fingerprint density at radius 3 is 2.65 bits per heavy atom. The van der Waals surface area contributed by atoms with Gasteiger partial charge in [0.05, 0.1) is 16.1 Å². The molecule has 5 nitrogen and oxygen atoms in total. The molecule has 0 aliphatic carbocycles. The number of benzene rings is 1. The van der Waals surface area contributed by atoms with E-state index in [-0.39, 0.29) is 0 Å². The average Bonchev–Trinajstić information content (AvgIpc) is 2.98. The minimum Gasteiger partial charge on any atom is -0.352 e. The van der Waals surface area contributed by atoms with Gasteiger partial charge in [-0.15, -0.1) is 0 Å². The van der Waals surface area contributed by atoms with Crippen LogP contribution in [0.4, 0.5) is 11.8 Å². The molecule has 0 atom stereocenters. The second kappa shape index (κ2) is 6.02. The lowest BCUT2D eigenvalue weighted by molar-refractivity contribution is 0.638. The van der Waals surface area contributed by atoms with Crippen LogP contribution in [-0.4, -0.2) is 41.1 Å². The molecule has 118 valence electrons. The number of pyridine rings is 1. The third kappa shape index (κ3) is 2.88. The van der Waals surface area contributed by atoms with Crippen LogP contribution < -0.4 is 9.80 Å². The lowest BCUT2D eigenvalue weighted by Gasteiger charge is -2.35. The number of fused-ring (bicyclic) bond motifs is 1. The number of hydrogen-bond donors (Lipinski definition) is 1. The average molecular weight is 393 g/mol. The number of nitrogens with zero attached hydrogens (tertiary/aromatic N) is 4. The number of H-pyrrole nitrogens is 1. The van der Waals surface area contributed by atoms with E-state index >= 15 is 0 Å². The zero-order valence-corrected chi connectivity index (χ0v) is 14.7. The van der Waals surface area contributed by atoms with Crippen molar-refractivity contribution in [3.8, 4) is 0 Å². The lowest BCUT2D eigenvalue weighted by atomic mass is 10.3. The van der Waals surface area contributed by atoms with Gasteiger partial charge in [0.25, 0.3) is 0 Å². The summed E-state index contributed by atoms with van der Waals surface area (Å²) in [5, 5.41) is 0.703. The van der Waals surface area contributed by atoms with Crippen molar-refractivity contribution in [1.29, 1.82) is 0 Å². The molecule has 0 saturated carbocycles. The fourth-order valence-corrected chi connectivity index (χ4v) is 3.46. The Balaban J connectivity index is 1.51. The summed E-state index contributed by atoms with van der Waals surface area (Å²) in [5.74, 6) is 1.78. The van der Waals surface area contributed by atoms with Gasteiger partial charge in [-0.1, -0.05) is 27.5 Å². The molecule has 3 aromatic rings. The Morgan fingerprint density at radius 1 is 1.09 bits per heavy atom. The van der Waals surface area contributed by atoms with Crippen molar-refractivity contribution in [3.63, 3.8) is 0 Å². The predicted octanol–water partition coefficient (Wildman–Crippen LogP) is 3.70. The topological polar surface area (TPSA) is 48.1 Å². The van der Waals surface area contributed by atoms with Crippen molar-refractivity contribution >= 4 is 50.3 Å². The molecule has 23 heavy (non-hydrogen) atoms. The summed E-state index contributed by atoms with van der Waals surface area (Å²) in [5.41, 5.74) is 2.03. The van der Waals surface area contributed by atoms with Gasteiger partial charge in [0.2, 0.25) is 5.95 Å². The number of imidazole rings is 1. The molecule has 1 aliphatic rings. The van der Waals surface area contributed by atoms with E-state index in [4.69, 9.17) is 11.6 Å². The van der Waals surface area contributed by atoms with Gasteiger partial charge in [-0.2, -0.15) is 0 Å². The first-order valence-electron chi connectivity index (χ1n) is 7.46. The Morgan fingerprint density at radius 2 is 1.87 bits per heavy atom. The highest BCUT2D eigenvalue weighted by molar-refractivity contribution is 9.10. The van der Waals surface area contributed by atoms with E-state index in [0.717, 1.165) is 53.5 Å². The lowest BCUT2D eigenvalue weighted by Crippen LogP contribution is -2.47. The number of halogens is 2. The summed E-state index contributed by atoms with van der Waals surface area (Å²) >= 11 is 9.73. The standard InChI is InChI=1S/C16H15BrClN5/c17-11-3-4-13-14(10-11)21-16(20-13)23-8-6-22(7-9-23)15-12(18)2-1-5-19-15/h1-5,10H,6-9H2,(H,20,21). The fourth-order valence-electron chi connectivity index (χ4n) is 2.86. The van der Waals surface area contributed by atoms with Crippen molar-refractivity contribution in [2.45, 2.75) is 0 Å². The Labute approximate surface area is 147 Å². The molecule has 0 bridgehead atoms. The van der Waals surface area contributed by atoms with Crippen molar-refractivity contribution in [3.05, 3.63) is 46.0 Å². The second-order valence-corrected chi connectivity index (χ2v) is 6.83. The zero-order chi connectivity index (χ0) is 15.8. The van der Waals surface area contributed by atoms with Crippen molar-refractivity contribution in [2.75, 3.05) is 36.0 Å². The highest BCUT2D eigenvalue weighted by Crippen LogP contribution is 2.25. The number of anilines is 2. The minimum atomic E-state index is 0.703. The van der Waals surface area contributed by atoms with Gasteiger partial charge in [-0.25, -0.2) is 9.97 Å². The second-order valence-electron chi connectivity index (χ2n) is 5.50. The SMILES string of the molecule is Clc1cccnc1N1CCN(c2nc3ccc(Br)cc3[nH]2)CC1. The van der Waals surface area contributed by atoms with Gasteiger partial charge in [0.15, 0.2) is 0 Å². The molecule has 1 saturated heterocycles. The minimum absolute atomic E-state index is 0.703. The zero-order valence-electron chi connectivity index (χ0n) is 12.3. The van der Waals surface area contributed by atoms with Crippen LogP contribution in [-0.2, 0) is 0 Å². The smallest absolute Gasteiger partial charge is 0.203 e. The summed E-state index contributed by atoms with van der Waals surface area (Å²) in [7, 11) is 0. The van der Waals surface area contributed by atoms with Crippen LogP contribution in [0.25, 0.3) is 11.0 Å². The Hall–Kier alpha value is -1.79. The van der Waals surface area contributed by atoms with Gasteiger partial charge in [-0.05, 0) is 30.3 Å². The highest BCUT2D eigenvalue weighted by Gasteiger charge is 2.21. The van der Waals surface area contributed by atoms with Gasteiger partial charge in [0, 0.05) is 36.8 Å². The van der Waals surface area contributed by atoms with E-state index < -0.39 is 0 Å². The third-order valence-electron chi connectivity index (χ3n) is 4.05. The predicted molar refractivity (Wildman–Crippen MR) is 97.5 cm³/mol. The molecule has 1 aliphatic heterocycles. The summed E-state index contributed by atoms with van der Waals surface area (Å²) in [6.45, 7) is 3.51. The Bertz CT molecular complexity index is 841. The van der Waals surface area contributed by atoms with E-state index in [0.29, 0.717) is 5.02 Å². The number of aromatic amines is 1. The maximum Gasteiger partial charge on any atom is 0.203 e. The summed E-state index contributed by atoms with van der Waals surface area (Å²) in [6.07, 6.45) is 1.78. The first kappa shape index (κ1) is 14.8. The molecule has 2 aromatic heterocycles. The van der Waals surface area contributed by atoms with Crippen molar-refractivity contribution < 1.29 is 0 Å². The largest absolute Gasteiger partial charge is 0.352 e. The number of piperazine rings is 1. The fraction of sp³-hybridized carbons (Fsp3) is 0.250. The molecule has 7 heteroatoms. The first-order chi connectivity index (χ1) is 11.2. The van der Waals surface area contributed by atoms with Crippen LogP contribution in [0.5, 0.6) is 0 Å². The summed E-state index contributed by atoms with van der Waals surface area (Å²) in [4.78, 5) is 17.0. The van der Waals surface area contributed by atoms with Crippen LogP contribution in [0, 0.1) is 0 Å². The molecule has 0 unspecified atom stereocenters. The van der Waals surface area contributed by atoms with Crippen LogP contribution in [0.1, 0.15) is 0 Å². The van der Waals surface area contributed by atoms with Gasteiger partial charge < -0.3 is 14.8 Å². The molecule has 1 N–H and O–H groups in total. The molecule has 3 heterocycles. The normalized spacial score (nSPS) is 15.4. The molecule has 0 amide bonds. The van der Waals surface area contributed by atoms with Gasteiger partial charge in [0.1, 0.15) is 5.82 Å². The van der Waals surface area contributed by atoms with E-state index in [1.165, 1.54) is 0 Å². The third-order valence-corrected chi connectivity index (χ3v) is 4.84. The van der Waals surface area contributed by atoms with Crippen LogP contribution in [0.3, 0.4) is 0 Å². The molecular weight excluding hydrogens is 378 g/mol. The number of aromatic nitrogens is 3. The van der Waals surface area contributed by atoms with Crippen LogP contribution >= 0.6 is 27.5 Å². The van der Waals surface area contributed by atoms with E-state index in [2.05, 4.69) is 46.7 Å². The van der Waals surface area contributed by atoms with Crippen molar-refractivity contribution in [2.24, 2.45) is 0 Å². The monoisotopic (exact) mass is 391 g/mol. The number of rotatable bonds is 2. The van der Waals surface area contributed by atoms with Crippen LogP contribution in [0.2, 0.25) is 5.02 Å². The highest BCUT2D eigenvalue weighted by atomic mass is 79.9. The number of nitrogens with one attached hydrogen (secondary N) is 1. The summed E-state index contributed by atoms with van der Waals surface area (Å²) < 4.78 is 1.05. The van der Waals surface area contributed by atoms with Crippen molar-refractivity contribution in [1.82, 2.24) is 15.0 Å². The molecule has 1 fully saturated rings. The molecule has 1 aromatic carbocycles. The Kier molecular flexibility index (Phi) is 3.87. The van der Waals surface area contributed by atoms with Gasteiger partial charge >= 0.3 is 0 Å². The van der Waals surface area contributed by atoms with Crippen LogP contribution in [0.15, 0.2) is 41.0 Å². The molecule has 0 spiro atoms. The quantitative estimate of drug-likeness (QED) is 0.722. The maximum absolute atomic E-state index is 6.24. The first-order valence-corrected chi connectivity index (χ1v) is 8.63. The van der Waals surface area contributed by atoms with E-state index in [9.17, 15) is 0 Å². The molecular formula is C16H15BrClN5. The molecule has 0 radical (unpaired) electrons.